The summed E-state index contributed by atoms with van der Waals surface area (Å²) >= 11 is 0. The standard InChI is InChI=1S/C10H16N2O2Si/c1-15(2,3)14-9-6-7(10(12)13)4-5-8(9)11/h4-6H,11H2,1-3H3,(H2,12,13). The van der Waals surface area contributed by atoms with Crippen molar-refractivity contribution in [1.29, 1.82) is 0 Å². The van der Waals surface area contributed by atoms with Gasteiger partial charge in [-0.1, -0.05) is 0 Å². The summed E-state index contributed by atoms with van der Waals surface area (Å²) < 4.78 is 5.73. The number of hydrogen-bond donors (Lipinski definition) is 2. The van der Waals surface area contributed by atoms with Crippen LogP contribution in [-0.2, 0) is 0 Å². The molecule has 0 aliphatic heterocycles. The highest BCUT2D eigenvalue weighted by Gasteiger charge is 2.18. The second-order valence-electron chi connectivity index (χ2n) is 4.33. The number of rotatable bonds is 3. The Bertz CT molecular complexity index is 385. The van der Waals surface area contributed by atoms with Crippen LogP contribution < -0.4 is 15.9 Å². The lowest BCUT2D eigenvalue weighted by molar-refractivity contribution is 0.1000. The first-order valence-corrected chi connectivity index (χ1v) is 8.09. The molecule has 15 heavy (non-hydrogen) atoms. The van der Waals surface area contributed by atoms with Crippen LogP contribution in [0.15, 0.2) is 18.2 Å². The number of nitrogens with two attached hydrogens (primary N) is 2. The average Bonchev–Trinajstić information content (AvgIpc) is 2.06. The number of anilines is 1. The number of benzene rings is 1. The Kier molecular flexibility index (Phi) is 3.04. The predicted molar refractivity (Wildman–Crippen MR) is 63.3 cm³/mol. The highest BCUT2D eigenvalue weighted by Crippen LogP contribution is 2.25. The fourth-order valence-electron chi connectivity index (χ4n) is 1.11. The fourth-order valence-corrected chi connectivity index (χ4v) is 1.94. The summed E-state index contributed by atoms with van der Waals surface area (Å²) in [6.45, 7) is 6.14. The lowest BCUT2D eigenvalue weighted by Crippen LogP contribution is -2.29. The highest BCUT2D eigenvalue weighted by atomic mass is 28.4. The molecular formula is C10H16N2O2Si. The zero-order chi connectivity index (χ0) is 11.6. The van der Waals surface area contributed by atoms with E-state index < -0.39 is 14.2 Å². The van der Waals surface area contributed by atoms with Crippen molar-refractivity contribution in [3.8, 4) is 5.75 Å². The third-order valence-corrected chi connectivity index (χ3v) is 2.55. The van der Waals surface area contributed by atoms with Crippen molar-refractivity contribution in [3.63, 3.8) is 0 Å². The van der Waals surface area contributed by atoms with Crippen molar-refractivity contribution in [2.75, 3.05) is 5.73 Å². The second kappa shape index (κ2) is 3.94. The van der Waals surface area contributed by atoms with E-state index in [4.69, 9.17) is 15.9 Å². The number of hydrogen-bond acceptors (Lipinski definition) is 3. The molecule has 0 aliphatic rings. The normalized spacial score (nSPS) is 11.1. The fraction of sp³-hybridized carbons (Fsp3) is 0.300. The maximum atomic E-state index is 11.0. The third-order valence-electron chi connectivity index (χ3n) is 1.71. The molecule has 1 aromatic carbocycles. The van der Waals surface area contributed by atoms with E-state index in [1.807, 2.05) is 19.6 Å². The van der Waals surface area contributed by atoms with E-state index in [2.05, 4.69) is 0 Å². The van der Waals surface area contributed by atoms with E-state index in [1.54, 1.807) is 18.2 Å². The lowest BCUT2D eigenvalue weighted by atomic mass is 10.2. The molecule has 82 valence electrons. The van der Waals surface area contributed by atoms with Gasteiger partial charge in [0.25, 0.3) is 0 Å². The van der Waals surface area contributed by atoms with Crippen LogP contribution in [0, 0.1) is 0 Å². The van der Waals surface area contributed by atoms with Crippen molar-refractivity contribution in [2.24, 2.45) is 5.73 Å². The van der Waals surface area contributed by atoms with E-state index >= 15 is 0 Å². The molecule has 0 atom stereocenters. The van der Waals surface area contributed by atoms with Gasteiger partial charge in [-0.2, -0.15) is 0 Å². The smallest absolute Gasteiger partial charge is 0.248 e. The summed E-state index contributed by atoms with van der Waals surface area (Å²) in [5, 5.41) is 0. The Morgan fingerprint density at radius 3 is 2.40 bits per heavy atom. The zero-order valence-electron chi connectivity index (χ0n) is 9.20. The molecule has 0 aromatic heterocycles. The molecule has 0 aliphatic carbocycles. The van der Waals surface area contributed by atoms with Crippen LogP contribution >= 0.6 is 0 Å². The Balaban J connectivity index is 3.06. The molecule has 1 rings (SSSR count). The third kappa shape index (κ3) is 3.28. The van der Waals surface area contributed by atoms with Crippen LogP contribution in [0.4, 0.5) is 5.69 Å². The van der Waals surface area contributed by atoms with E-state index in [9.17, 15) is 4.79 Å². The van der Waals surface area contributed by atoms with Gasteiger partial charge >= 0.3 is 0 Å². The molecular weight excluding hydrogens is 208 g/mol. The molecule has 0 bridgehead atoms. The first kappa shape index (κ1) is 11.6. The number of carbonyl (C=O) groups is 1. The van der Waals surface area contributed by atoms with Gasteiger partial charge in [-0.3, -0.25) is 4.79 Å². The lowest BCUT2D eigenvalue weighted by Gasteiger charge is -2.20. The minimum atomic E-state index is -1.72. The molecule has 0 fully saturated rings. The van der Waals surface area contributed by atoms with Crippen LogP contribution in [0.5, 0.6) is 5.75 Å². The maximum absolute atomic E-state index is 11.0. The molecule has 4 N–H and O–H groups in total. The SMILES string of the molecule is C[Si](C)(C)Oc1cc(C(N)=O)ccc1N. The maximum Gasteiger partial charge on any atom is 0.248 e. The summed E-state index contributed by atoms with van der Waals surface area (Å²) in [5.41, 5.74) is 11.9. The summed E-state index contributed by atoms with van der Waals surface area (Å²) in [6, 6.07) is 4.82. The monoisotopic (exact) mass is 224 g/mol. The number of amides is 1. The van der Waals surface area contributed by atoms with Crippen LogP contribution in [-0.4, -0.2) is 14.2 Å². The van der Waals surface area contributed by atoms with Crippen LogP contribution in [0.3, 0.4) is 0 Å². The Hall–Kier alpha value is -1.49. The van der Waals surface area contributed by atoms with E-state index in [1.165, 1.54) is 0 Å². The molecule has 5 heteroatoms. The van der Waals surface area contributed by atoms with Gasteiger partial charge in [-0.25, -0.2) is 0 Å². The van der Waals surface area contributed by atoms with Gasteiger partial charge in [-0.15, -0.1) is 0 Å². The van der Waals surface area contributed by atoms with Gasteiger partial charge in [0, 0.05) is 5.56 Å². The summed E-state index contributed by atoms with van der Waals surface area (Å²) in [7, 11) is -1.72. The van der Waals surface area contributed by atoms with Gasteiger partial charge in [0.05, 0.1) is 5.69 Å². The van der Waals surface area contributed by atoms with Crippen molar-refractivity contribution >= 4 is 19.9 Å². The summed E-state index contributed by atoms with van der Waals surface area (Å²) in [5.74, 6) is 0.0703. The van der Waals surface area contributed by atoms with Gasteiger partial charge in [0.2, 0.25) is 14.2 Å². The van der Waals surface area contributed by atoms with Gasteiger partial charge in [-0.05, 0) is 37.8 Å². The van der Waals surface area contributed by atoms with Crippen molar-refractivity contribution in [1.82, 2.24) is 0 Å². The van der Waals surface area contributed by atoms with Gasteiger partial charge in [0.1, 0.15) is 5.75 Å². The van der Waals surface area contributed by atoms with Crippen molar-refractivity contribution in [2.45, 2.75) is 19.6 Å². The molecule has 0 spiro atoms. The Labute approximate surface area is 90.4 Å². The molecule has 0 saturated carbocycles. The van der Waals surface area contributed by atoms with Crippen molar-refractivity contribution < 1.29 is 9.22 Å². The summed E-state index contributed by atoms with van der Waals surface area (Å²) in [4.78, 5) is 11.0. The number of nitrogen functional groups attached to an aromatic ring is 1. The van der Waals surface area contributed by atoms with Crippen LogP contribution in [0.1, 0.15) is 10.4 Å². The van der Waals surface area contributed by atoms with Gasteiger partial charge < -0.3 is 15.9 Å². The van der Waals surface area contributed by atoms with Crippen LogP contribution in [0.2, 0.25) is 19.6 Å². The quantitative estimate of drug-likeness (QED) is 0.604. The van der Waals surface area contributed by atoms with E-state index in [0.29, 0.717) is 17.0 Å². The first-order valence-electron chi connectivity index (χ1n) is 4.68. The first-order chi connectivity index (χ1) is 6.79. The topological polar surface area (TPSA) is 78.3 Å². The molecule has 4 nitrogen and oxygen atoms in total. The molecule has 0 unspecified atom stereocenters. The average molecular weight is 224 g/mol. The second-order valence-corrected chi connectivity index (χ2v) is 8.76. The largest absolute Gasteiger partial charge is 0.543 e. The number of carbonyl (C=O) groups excluding carboxylic acids is 1. The highest BCUT2D eigenvalue weighted by molar-refractivity contribution is 6.70. The molecule has 1 amide bonds. The molecule has 0 heterocycles. The van der Waals surface area contributed by atoms with Crippen molar-refractivity contribution in [3.05, 3.63) is 23.8 Å². The summed E-state index contributed by atoms with van der Waals surface area (Å²) in [6.07, 6.45) is 0. The van der Waals surface area contributed by atoms with Crippen LogP contribution in [0.25, 0.3) is 0 Å². The predicted octanol–water partition coefficient (Wildman–Crippen LogP) is 1.58. The minimum Gasteiger partial charge on any atom is -0.543 e. The Morgan fingerprint density at radius 2 is 1.93 bits per heavy atom. The minimum absolute atomic E-state index is 0.414. The van der Waals surface area contributed by atoms with E-state index in [0.717, 1.165) is 0 Å². The van der Waals surface area contributed by atoms with E-state index in [-0.39, 0.29) is 0 Å². The zero-order valence-corrected chi connectivity index (χ0v) is 10.2. The molecule has 0 radical (unpaired) electrons. The molecule has 1 aromatic rings. The van der Waals surface area contributed by atoms with Gasteiger partial charge in [0.15, 0.2) is 0 Å². The molecule has 0 saturated heterocycles. The number of primary amides is 1. The Morgan fingerprint density at radius 1 is 1.33 bits per heavy atom.